The molecule has 0 spiro atoms. The number of nitro benzene ring substituents is 1. The lowest BCUT2D eigenvalue weighted by atomic mass is 10.1. The summed E-state index contributed by atoms with van der Waals surface area (Å²) in [6, 6.07) is 10.0. The summed E-state index contributed by atoms with van der Waals surface area (Å²) in [7, 11) is 0. The number of para-hydroxylation sites is 1. The van der Waals surface area contributed by atoms with Gasteiger partial charge in [0.2, 0.25) is 5.43 Å². The van der Waals surface area contributed by atoms with Crippen LogP contribution in [0.15, 0.2) is 41.2 Å². The SMILES string of the molecule is Cc1ccc([N+](=O)[O-])c2c(=O)c3ccccc3[nH]c12. The lowest BCUT2D eigenvalue weighted by Gasteiger charge is -2.05. The quantitative estimate of drug-likeness (QED) is 0.412. The van der Waals surface area contributed by atoms with Crippen LogP contribution in [0.25, 0.3) is 21.8 Å². The van der Waals surface area contributed by atoms with E-state index in [2.05, 4.69) is 4.98 Å². The van der Waals surface area contributed by atoms with E-state index in [1.165, 1.54) is 6.07 Å². The standard InChI is InChI=1S/C14H10N2O3/c1-8-6-7-11(16(18)19)12-13(8)15-10-5-3-2-4-9(10)14(12)17/h2-7H,1H3,(H,15,17). The largest absolute Gasteiger partial charge is 0.354 e. The van der Waals surface area contributed by atoms with Gasteiger partial charge in [0.15, 0.2) is 0 Å². The highest BCUT2D eigenvalue weighted by Gasteiger charge is 2.18. The molecule has 5 heteroatoms. The molecule has 19 heavy (non-hydrogen) atoms. The normalized spacial score (nSPS) is 11.0. The highest BCUT2D eigenvalue weighted by atomic mass is 16.6. The summed E-state index contributed by atoms with van der Waals surface area (Å²) in [5.74, 6) is 0. The summed E-state index contributed by atoms with van der Waals surface area (Å²) in [5, 5.41) is 11.7. The molecule has 5 nitrogen and oxygen atoms in total. The molecular weight excluding hydrogens is 244 g/mol. The van der Waals surface area contributed by atoms with Gasteiger partial charge in [-0.05, 0) is 24.6 Å². The highest BCUT2D eigenvalue weighted by molar-refractivity contribution is 5.98. The molecule has 1 N–H and O–H groups in total. The first-order chi connectivity index (χ1) is 9.09. The topological polar surface area (TPSA) is 76.0 Å². The van der Waals surface area contributed by atoms with Crippen molar-refractivity contribution in [2.24, 2.45) is 0 Å². The second-order valence-corrected chi connectivity index (χ2v) is 4.41. The van der Waals surface area contributed by atoms with Crippen molar-refractivity contribution in [3.63, 3.8) is 0 Å². The third-order valence-electron chi connectivity index (χ3n) is 3.25. The number of hydrogen-bond donors (Lipinski definition) is 1. The molecule has 94 valence electrons. The van der Waals surface area contributed by atoms with Crippen LogP contribution in [-0.4, -0.2) is 9.91 Å². The highest BCUT2D eigenvalue weighted by Crippen LogP contribution is 2.26. The lowest BCUT2D eigenvalue weighted by Crippen LogP contribution is -2.07. The van der Waals surface area contributed by atoms with Crippen molar-refractivity contribution in [3.05, 3.63) is 62.3 Å². The number of aromatic amines is 1. The number of benzene rings is 2. The molecule has 3 aromatic rings. The Hall–Kier alpha value is -2.69. The molecular formula is C14H10N2O3. The van der Waals surface area contributed by atoms with E-state index in [9.17, 15) is 14.9 Å². The Bertz CT molecular complexity index is 881. The van der Waals surface area contributed by atoms with Crippen LogP contribution in [0.4, 0.5) is 5.69 Å². The molecule has 0 saturated carbocycles. The first-order valence-electron chi connectivity index (χ1n) is 5.78. The Balaban J connectivity index is 2.65. The van der Waals surface area contributed by atoms with Crippen LogP contribution in [0.2, 0.25) is 0 Å². The van der Waals surface area contributed by atoms with Gasteiger partial charge in [-0.25, -0.2) is 0 Å². The van der Waals surface area contributed by atoms with Gasteiger partial charge in [-0.1, -0.05) is 18.2 Å². The number of H-pyrrole nitrogens is 1. The van der Waals surface area contributed by atoms with Crippen molar-refractivity contribution in [2.45, 2.75) is 6.92 Å². The van der Waals surface area contributed by atoms with Crippen molar-refractivity contribution < 1.29 is 4.92 Å². The van der Waals surface area contributed by atoms with E-state index in [0.29, 0.717) is 16.4 Å². The van der Waals surface area contributed by atoms with Gasteiger partial charge in [0.1, 0.15) is 5.39 Å². The number of aryl methyl sites for hydroxylation is 1. The van der Waals surface area contributed by atoms with Crippen molar-refractivity contribution >= 4 is 27.5 Å². The molecule has 1 heterocycles. The second kappa shape index (κ2) is 3.91. The number of aromatic nitrogens is 1. The predicted octanol–water partition coefficient (Wildman–Crippen LogP) is 2.90. The van der Waals surface area contributed by atoms with Crippen molar-refractivity contribution in [3.8, 4) is 0 Å². The Kier molecular flexibility index (Phi) is 2.35. The van der Waals surface area contributed by atoms with E-state index in [1.54, 1.807) is 24.3 Å². The number of hydrogen-bond acceptors (Lipinski definition) is 3. The van der Waals surface area contributed by atoms with E-state index < -0.39 is 4.92 Å². The molecule has 0 aliphatic heterocycles. The van der Waals surface area contributed by atoms with Crippen LogP contribution in [0.1, 0.15) is 5.56 Å². The molecule has 2 aromatic carbocycles. The van der Waals surface area contributed by atoms with Crippen molar-refractivity contribution in [1.82, 2.24) is 4.98 Å². The molecule has 0 atom stereocenters. The average Bonchev–Trinajstić information content (AvgIpc) is 2.40. The van der Waals surface area contributed by atoms with E-state index in [4.69, 9.17) is 0 Å². The van der Waals surface area contributed by atoms with E-state index in [0.717, 1.165) is 5.56 Å². The van der Waals surface area contributed by atoms with Crippen molar-refractivity contribution in [1.29, 1.82) is 0 Å². The summed E-state index contributed by atoms with van der Waals surface area (Å²) in [5.41, 5.74) is 1.55. The number of fused-ring (bicyclic) bond motifs is 2. The van der Waals surface area contributed by atoms with Crippen LogP contribution in [0.3, 0.4) is 0 Å². The third kappa shape index (κ3) is 1.59. The van der Waals surface area contributed by atoms with Gasteiger partial charge < -0.3 is 4.98 Å². The molecule has 0 bridgehead atoms. The van der Waals surface area contributed by atoms with Gasteiger partial charge in [-0.2, -0.15) is 0 Å². The first-order valence-corrected chi connectivity index (χ1v) is 5.78. The number of nitrogens with zero attached hydrogens (tertiary/aromatic N) is 1. The van der Waals surface area contributed by atoms with Crippen LogP contribution >= 0.6 is 0 Å². The summed E-state index contributed by atoms with van der Waals surface area (Å²) in [6.45, 7) is 1.82. The minimum atomic E-state index is -0.522. The number of nitro groups is 1. The predicted molar refractivity (Wildman–Crippen MR) is 73.5 cm³/mol. The van der Waals surface area contributed by atoms with Crippen LogP contribution < -0.4 is 5.43 Å². The zero-order valence-corrected chi connectivity index (χ0v) is 10.1. The maximum atomic E-state index is 12.4. The van der Waals surface area contributed by atoms with Gasteiger partial charge in [0.05, 0.1) is 10.4 Å². The first kappa shape index (κ1) is 11.4. The maximum Gasteiger partial charge on any atom is 0.282 e. The Morgan fingerprint density at radius 3 is 2.63 bits per heavy atom. The zero-order chi connectivity index (χ0) is 13.6. The van der Waals surface area contributed by atoms with E-state index in [-0.39, 0.29) is 16.5 Å². The summed E-state index contributed by atoms with van der Waals surface area (Å²) in [6.07, 6.45) is 0. The fourth-order valence-corrected chi connectivity index (χ4v) is 2.30. The fourth-order valence-electron chi connectivity index (χ4n) is 2.30. The number of nitrogens with one attached hydrogen (secondary N) is 1. The average molecular weight is 254 g/mol. The maximum absolute atomic E-state index is 12.4. The molecule has 0 fully saturated rings. The Morgan fingerprint density at radius 2 is 1.89 bits per heavy atom. The van der Waals surface area contributed by atoms with Gasteiger partial charge in [0, 0.05) is 17.0 Å². The van der Waals surface area contributed by atoms with Crippen LogP contribution in [0.5, 0.6) is 0 Å². The summed E-state index contributed by atoms with van der Waals surface area (Å²) >= 11 is 0. The monoisotopic (exact) mass is 254 g/mol. The second-order valence-electron chi connectivity index (χ2n) is 4.41. The van der Waals surface area contributed by atoms with Gasteiger partial charge in [0.25, 0.3) is 5.69 Å². The molecule has 0 saturated heterocycles. The summed E-state index contributed by atoms with van der Waals surface area (Å²) < 4.78 is 0. The number of rotatable bonds is 1. The van der Waals surface area contributed by atoms with Gasteiger partial charge in [-0.15, -0.1) is 0 Å². The third-order valence-corrected chi connectivity index (χ3v) is 3.25. The summed E-state index contributed by atoms with van der Waals surface area (Å²) in [4.78, 5) is 26.1. The van der Waals surface area contributed by atoms with Crippen molar-refractivity contribution in [2.75, 3.05) is 0 Å². The molecule has 0 aliphatic rings. The molecule has 3 rings (SSSR count). The van der Waals surface area contributed by atoms with Crippen LogP contribution in [-0.2, 0) is 0 Å². The Morgan fingerprint density at radius 1 is 1.16 bits per heavy atom. The number of pyridine rings is 1. The molecule has 0 aliphatic carbocycles. The minimum absolute atomic E-state index is 0.142. The number of non-ortho nitro benzene ring substituents is 1. The lowest BCUT2D eigenvalue weighted by molar-refractivity contribution is -0.383. The molecule has 0 radical (unpaired) electrons. The fraction of sp³-hybridized carbons (Fsp3) is 0.0714. The van der Waals surface area contributed by atoms with Gasteiger partial charge >= 0.3 is 0 Å². The smallest absolute Gasteiger partial charge is 0.282 e. The molecule has 1 aromatic heterocycles. The van der Waals surface area contributed by atoms with Crippen LogP contribution in [0, 0.1) is 17.0 Å². The van der Waals surface area contributed by atoms with Gasteiger partial charge in [-0.3, -0.25) is 14.9 Å². The molecule has 0 amide bonds. The zero-order valence-electron chi connectivity index (χ0n) is 10.1. The minimum Gasteiger partial charge on any atom is -0.354 e. The van der Waals surface area contributed by atoms with E-state index >= 15 is 0 Å². The molecule has 0 unspecified atom stereocenters. The van der Waals surface area contributed by atoms with E-state index in [1.807, 2.05) is 13.0 Å². The Labute approximate surface area is 107 Å².